The molecule has 2 aromatic rings. The Morgan fingerprint density at radius 3 is 1.92 bits per heavy atom. The van der Waals surface area contributed by atoms with E-state index >= 15 is 0 Å². The van der Waals surface area contributed by atoms with Crippen LogP contribution < -0.4 is 11.1 Å². The Labute approximate surface area is 154 Å². The molecule has 0 unspecified atom stereocenters. The highest BCUT2D eigenvalue weighted by Gasteiger charge is 2.24. The maximum atomic E-state index is 12.0. The maximum absolute atomic E-state index is 12.0. The Kier molecular flexibility index (Phi) is 5.77. The van der Waals surface area contributed by atoms with Gasteiger partial charge in [0.15, 0.2) is 0 Å². The van der Waals surface area contributed by atoms with Crippen molar-refractivity contribution in [1.82, 2.24) is 0 Å². The molecule has 0 saturated heterocycles. The van der Waals surface area contributed by atoms with Crippen LogP contribution in [-0.4, -0.2) is 33.2 Å². The van der Waals surface area contributed by atoms with Crippen LogP contribution in [0.2, 0.25) is 10.0 Å². The van der Waals surface area contributed by atoms with Gasteiger partial charge in [-0.05, 0) is 24.3 Å². The summed E-state index contributed by atoms with van der Waals surface area (Å²) in [6.45, 7) is 0. The summed E-state index contributed by atoms with van der Waals surface area (Å²) in [6, 6.07) is 6.03. The van der Waals surface area contributed by atoms with Crippen LogP contribution in [-0.2, 0) is 9.47 Å². The van der Waals surface area contributed by atoms with E-state index in [1.807, 2.05) is 0 Å². The number of nitrogens with two attached hydrogens (primary N) is 1. The van der Waals surface area contributed by atoms with Crippen LogP contribution >= 0.6 is 23.2 Å². The van der Waals surface area contributed by atoms with Crippen molar-refractivity contribution < 1.29 is 19.1 Å². The molecule has 0 heterocycles. The van der Waals surface area contributed by atoms with Crippen LogP contribution in [0.3, 0.4) is 0 Å². The second-order valence-corrected chi connectivity index (χ2v) is 5.78. The number of ether oxygens (including phenoxy) is 2. The summed E-state index contributed by atoms with van der Waals surface area (Å²) in [5, 5.41) is 3.49. The van der Waals surface area contributed by atoms with Gasteiger partial charge in [-0.3, -0.25) is 0 Å². The van der Waals surface area contributed by atoms with Crippen LogP contribution in [0, 0.1) is 0 Å². The van der Waals surface area contributed by atoms with Gasteiger partial charge in [0, 0.05) is 18.2 Å². The molecule has 0 aliphatic heterocycles. The number of hydrogen-bond donors (Lipinski definition) is 2. The molecule has 0 radical (unpaired) electrons. The van der Waals surface area contributed by atoms with Crippen molar-refractivity contribution >= 4 is 46.5 Å². The Bertz CT molecular complexity index is 853. The highest BCUT2D eigenvalue weighted by Crippen LogP contribution is 2.44. The quantitative estimate of drug-likeness (QED) is 0.616. The first-order valence-electron chi connectivity index (χ1n) is 7.12. The number of halogens is 2. The van der Waals surface area contributed by atoms with E-state index in [2.05, 4.69) is 5.32 Å². The van der Waals surface area contributed by atoms with Crippen molar-refractivity contribution in [2.24, 2.45) is 0 Å². The molecule has 3 N–H and O–H groups in total. The standard InChI is InChI=1S/C17H16Cl2N2O4/c1-21-15-9(17(23)25-3)5-7-11(19)13(15)12-10(18)6-4-8(14(12)20)16(22)24-2/h4-7,21H,20H2,1-3H3. The summed E-state index contributed by atoms with van der Waals surface area (Å²) in [4.78, 5) is 24.0. The lowest BCUT2D eigenvalue weighted by Crippen LogP contribution is -2.10. The molecule has 0 aliphatic rings. The first kappa shape index (κ1) is 18.9. The van der Waals surface area contributed by atoms with E-state index in [9.17, 15) is 9.59 Å². The maximum Gasteiger partial charge on any atom is 0.339 e. The Hall–Kier alpha value is -2.44. The van der Waals surface area contributed by atoms with Crippen LogP contribution in [0.15, 0.2) is 24.3 Å². The lowest BCUT2D eigenvalue weighted by Gasteiger charge is -2.19. The zero-order valence-corrected chi connectivity index (χ0v) is 15.3. The third-order valence-electron chi connectivity index (χ3n) is 3.66. The van der Waals surface area contributed by atoms with Crippen molar-refractivity contribution in [2.45, 2.75) is 0 Å². The number of carbonyl (C=O) groups is 2. The van der Waals surface area contributed by atoms with Crippen LogP contribution in [0.4, 0.5) is 11.4 Å². The molecule has 25 heavy (non-hydrogen) atoms. The Morgan fingerprint density at radius 1 is 0.920 bits per heavy atom. The highest BCUT2D eigenvalue weighted by molar-refractivity contribution is 6.38. The molecule has 0 aliphatic carbocycles. The average molecular weight is 383 g/mol. The monoisotopic (exact) mass is 382 g/mol. The SMILES string of the molecule is CNc1c(C(=O)OC)ccc(Cl)c1-c1c(Cl)ccc(C(=O)OC)c1N. The topological polar surface area (TPSA) is 90.6 Å². The van der Waals surface area contributed by atoms with Gasteiger partial charge >= 0.3 is 11.9 Å². The second kappa shape index (κ2) is 7.63. The lowest BCUT2D eigenvalue weighted by atomic mass is 9.96. The predicted molar refractivity (Wildman–Crippen MR) is 98.5 cm³/mol. The van der Waals surface area contributed by atoms with Gasteiger partial charge in [-0.2, -0.15) is 0 Å². The second-order valence-electron chi connectivity index (χ2n) is 4.96. The Balaban J connectivity index is 2.87. The number of anilines is 2. The number of benzene rings is 2. The van der Waals surface area contributed by atoms with E-state index in [1.165, 1.54) is 38.5 Å². The van der Waals surface area contributed by atoms with Crippen LogP contribution in [0.1, 0.15) is 20.7 Å². The molecule has 8 heteroatoms. The molecule has 0 aromatic heterocycles. The number of nitrogens with one attached hydrogen (secondary N) is 1. The summed E-state index contributed by atoms with van der Waals surface area (Å²) < 4.78 is 9.52. The summed E-state index contributed by atoms with van der Waals surface area (Å²) in [5.41, 5.74) is 7.75. The normalized spacial score (nSPS) is 10.3. The minimum absolute atomic E-state index is 0.0970. The third kappa shape index (κ3) is 3.36. The zero-order chi connectivity index (χ0) is 18.7. The van der Waals surface area contributed by atoms with E-state index in [4.69, 9.17) is 38.4 Å². The summed E-state index contributed by atoms with van der Waals surface area (Å²) in [7, 11) is 4.14. The average Bonchev–Trinajstić information content (AvgIpc) is 2.61. The molecule has 0 saturated carbocycles. The van der Waals surface area contributed by atoms with Crippen molar-refractivity contribution in [3.8, 4) is 11.1 Å². The lowest BCUT2D eigenvalue weighted by molar-refractivity contribution is 0.0593. The number of methoxy groups -OCH3 is 2. The number of hydrogen-bond acceptors (Lipinski definition) is 6. The minimum Gasteiger partial charge on any atom is -0.465 e. The van der Waals surface area contributed by atoms with Crippen molar-refractivity contribution in [3.63, 3.8) is 0 Å². The van der Waals surface area contributed by atoms with E-state index in [-0.39, 0.29) is 21.8 Å². The molecule has 0 fully saturated rings. The van der Waals surface area contributed by atoms with E-state index in [0.29, 0.717) is 21.8 Å². The molecular formula is C17H16Cl2N2O4. The third-order valence-corrected chi connectivity index (χ3v) is 4.29. The fourth-order valence-corrected chi connectivity index (χ4v) is 3.01. The summed E-state index contributed by atoms with van der Waals surface area (Å²) >= 11 is 12.7. The molecule has 2 rings (SSSR count). The summed E-state index contributed by atoms with van der Waals surface area (Å²) in [5.74, 6) is -1.16. The van der Waals surface area contributed by atoms with Crippen LogP contribution in [0.5, 0.6) is 0 Å². The molecule has 0 spiro atoms. The number of nitrogen functional groups attached to an aromatic ring is 1. The van der Waals surface area contributed by atoms with Gasteiger partial charge in [-0.1, -0.05) is 23.2 Å². The number of carbonyl (C=O) groups excluding carboxylic acids is 2. The van der Waals surface area contributed by atoms with Crippen molar-refractivity contribution in [1.29, 1.82) is 0 Å². The van der Waals surface area contributed by atoms with Gasteiger partial charge in [-0.15, -0.1) is 0 Å². The van der Waals surface area contributed by atoms with E-state index < -0.39 is 11.9 Å². The molecule has 0 atom stereocenters. The molecule has 2 aromatic carbocycles. The molecule has 0 amide bonds. The van der Waals surface area contributed by atoms with Gasteiger partial charge < -0.3 is 20.5 Å². The van der Waals surface area contributed by atoms with Gasteiger partial charge in [0.05, 0.1) is 46.8 Å². The van der Waals surface area contributed by atoms with Crippen molar-refractivity contribution in [2.75, 3.05) is 32.3 Å². The van der Waals surface area contributed by atoms with Gasteiger partial charge in [0.25, 0.3) is 0 Å². The molecule has 132 valence electrons. The number of esters is 2. The van der Waals surface area contributed by atoms with Crippen LogP contribution in [0.25, 0.3) is 11.1 Å². The first-order valence-corrected chi connectivity index (χ1v) is 7.88. The zero-order valence-electron chi connectivity index (χ0n) is 13.8. The number of rotatable bonds is 4. The van der Waals surface area contributed by atoms with Gasteiger partial charge in [0.1, 0.15) is 0 Å². The smallest absolute Gasteiger partial charge is 0.339 e. The fourth-order valence-electron chi connectivity index (χ4n) is 2.50. The minimum atomic E-state index is -0.610. The Morgan fingerprint density at radius 2 is 1.40 bits per heavy atom. The van der Waals surface area contributed by atoms with E-state index in [1.54, 1.807) is 7.05 Å². The summed E-state index contributed by atoms with van der Waals surface area (Å²) in [6.07, 6.45) is 0. The fraction of sp³-hybridized carbons (Fsp3) is 0.176. The largest absolute Gasteiger partial charge is 0.465 e. The molecular weight excluding hydrogens is 367 g/mol. The van der Waals surface area contributed by atoms with Crippen molar-refractivity contribution in [3.05, 3.63) is 45.4 Å². The van der Waals surface area contributed by atoms with Gasteiger partial charge in [0.2, 0.25) is 0 Å². The molecule has 0 bridgehead atoms. The first-order chi connectivity index (χ1) is 11.9. The molecule has 6 nitrogen and oxygen atoms in total. The van der Waals surface area contributed by atoms with E-state index in [0.717, 1.165) is 0 Å². The van der Waals surface area contributed by atoms with Gasteiger partial charge in [-0.25, -0.2) is 9.59 Å². The highest BCUT2D eigenvalue weighted by atomic mass is 35.5. The predicted octanol–water partition coefficient (Wildman–Crippen LogP) is 3.86.